The van der Waals surface area contributed by atoms with E-state index in [-0.39, 0.29) is 6.54 Å². The van der Waals surface area contributed by atoms with Crippen LogP contribution in [-0.4, -0.2) is 32.8 Å². The van der Waals surface area contributed by atoms with E-state index in [4.69, 9.17) is 9.47 Å². The Kier molecular flexibility index (Phi) is 5.58. The zero-order valence-electron chi connectivity index (χ0n) is 14.8. The fourth-order valence-corrected chi connectivity index (χ4v) is 2.38. The van der Waals surface area contributed by atoms with E-state index in [2.05, 4.69) is 34.5 Å². The van der Waals surface area contributed by atoms with Gasteiger partial charge in [0.25, 0.3) is 0 Å². The highest BCUT2D eigenvalue weighted by Gasteiger charge is 2.10. The number of ether oxygens (including phenoxy) is 2. The summed E-state index contributed by atoms with van der Waals surface area (Å²) in [6.45, 7) is 4.59. The Morgan fingerprint density at radius 3 is 2.62 bits per heavy atom. The predicted molar refractivity (Wildman–Crippen MR) is 95.4 cm³/mol. The van der Waals surface area contributed by atoms with Crippen molar-refractivity contribution >= 4 is 5.97 Å². The average molecular weight is 352 g/mol. The summed E-state index contributed by atoms with van der Waals surface area (Å²) in [7, 11) is 0. The number of rotatable bonds is 7. The Morgan fingerprint density at radius 1 is 1.12 bits per heavy atom. The standard InChI is InChI=1S/C19H20N4O3/c1-3-25-18(24)12-23-21-19(20-22-23)15-8-10-17(11-9-15)26-13-16-7-5-4-6-14(16)2/h4-11H,3,12-13H2,1-2H3. The fraction of sp³-hybridized carbons (Fsp3) is 0.263. The molecule has 0 N–H and O–H groups in total. The normalized spacial score (nSPS) is 10.5. The monoisotopic (exact) mass is 352 g/mol. The minimum absolute atomic E-state index is 0.0571. The minimum Gasteiger partial charge on any atom is -0.489 e. The van der Waals surface area contributed by atoms with E-state index in [0.717, 1.165) is 16.9 Å². The van der Waals surface area contributed by atoms with Gasteiger partial charge in [-0.25, -0.2) is 4.79 Å². The summed E-state index contributed by atoms with van der Waals surface area (Å²) in [6, 6.07) is 15.6. The second-order valence-corrected chi connectivity index (χ2v) is 5.69. The molecule has 0 aliphatic rings. The molecule has 0 fully saturated rings. The maximum absolute atomic E-state index is 11.4. The number of hydrogen-bond donors (Lipinski definition) is 0. The van der Waals surface area contributed by atoms with Crippen molar-refractivity contribution in [1.82, 2.24) is 20.2 Å². The first-order chi connectivity index (χ1) is 12.7. The smallest absolute Gasteiger partial charge is 0.329 e. The number of tetrazole rings is 1. The lowest BCUT2D eigenvalue weighted by molar-refractivity contribution is -0.144. The molecule has 2 aromatic carbocycles. The first-order valence-corrected chi connectivity index (χ1v) is 8.37. The van der Waals surface area contributed by atoms with Crippen molar-refractivity contribution < 1.29 is 14.3 Å². The van der Waals surface area contributed by atoms with E-state index in [1.807, 2.05) is 36.4 Å². The quantitative estimate of drug-likeness (QED) is 0.608. The van der Waals surface area contributed by atoms with Crippen LogP contribution >= 0.6 is 0 Å². The maximum Gasteiger partial charge on any atom is 0.329 e. The predicted octanol–water partition coefficient (Wildman–Crippen LogP) is 2.79. The second kappa shape index (κ2) is 8.24. The number of nitrogens with zero attached hydrogens (tertiary/aromatic N) is 4. The largest absolute Gasteiger partial charge is 0.489 e. The third kappa shape index (κ3) is 4.44. The van der Waals surface area contributed by atoms with Crippen molar-refractivity contribution in [2.24, 2.45) is 0 Å². The summed E-state index contributed by atoms with van der Waals surface area (Å²) in [5.74, 6) is 0.812. The molecule has 7 nitrogen and oxygen atoms in total. The van der Waals surface area contributed by atoms with Crippen LogP contribution in [0.2, 0.25) is 0 Å². The Labute approximate surface area is 151 Å². The first kappa shape index (κ1) is 17.6. The Balaban J connectivity index is 1.62. The van der Waals surface area contributed by atoms with Crippen LogP contribution in [0, 0.1) is 6.92 Å². The highest BCUT2D eigenvalue weighted by Crippen LogP contribution is 2.20. The summed E-state index contributed by atoms with van der Waals surface area (Å²) < 4.78 is 10.7. The van der Waals surface area contributed by atoms with Gasteiger partial charge < -0.3 is 9.47 Å². The van der Waals surface area contributed by atoms with Gasteiger partial charge in [-0.05, 0) is 54.5 Å². The highest BCUT2D eigenvalue weighted by molar-refractivity contribution is 5.68. The zero-order valence-corrected chi connectivity index (χ0v) is 14.8. The molecule has 0 unspecified atom stereocenters. The molecule has 0 saturated carbocycles. The number of carbonyl (C=O) groups excluding carboxylic acids is 1. The molecule has 0 saturated heterocycles. The molecule has 0 spiro atoms. The summed E-state index contributed by atoms with van der Waals surface area (Å²) in [5, 5.41) is 12.0. The van der Waals surface area contributed by atoms with Gasteiger partial charge in [0.15, 0.2) is 6.54 Å². The first-order valence-electron chi connectivity index (χ1n) is 8.37. The van der Waals surface area contributed by atoms with Gasteiger partial charge >= 0.3 is 5.97 Å². The Morgan fingerprint density at radius 2 is 1.88 bits per heavy atom. The van der Waals surface area contributed by atoms with Crippen molar-refractivity contribution in [2.45, 2.75) is 27.0 Å². The lowest BCUT2D eigenvalue weighted by Crippen LogP contribution is -2.15. The van der Waals surface area contributed by atoms with Crippen molar-refractivity contribution in [3.05, 3.63) is 59.7 Å². The van der Waals surface area contributed by atoms with Crippen LogP contribution in [0.4, 0.5) is 0 Å². The maximum atomic E-state index is 11.4. The number of esters is 1. The highest BCUT2D eigenvalue weighted by atomic mass is 16.5. The summed E-state index contributed by atoms with van der Waals surface area (Å²) >= 11 is 0. The molecule has 0 aliphatic heterocycles. The number of hydrogen-bond acceptors (Lipinski definition) is 6. The lowest BCUT2D eigenvalue weighted by Gasteiger charge is -2.08. The summed E-state index contributed by atoms with van der Waals surface area (Å²) in [4.78, 5) is 12.7. The van der Waals surface area contributed by atoms with Gasteiger partial charge in [-0.15, -0.1) is 10.2 Å². The van der Waals surface area contributed by atoms with Gasteiger partial charge in [-0.3, -0.25) is 0 Å². The Hall–Kier alpha value is -3.22. The third-order valence-electron chi connectivity index (χ3n) is 3.80. The van der Waals surface area contributed by atoms with Crippen LogP contribution < -0.4 is 4.74 Å². The van der Waals surface area contributed by atoms with Crippen LogP contribution in [-0.2, 0) is 22.7 Å². The molecule has 3 aromatic rings. The molecule has 3 rings (SSSR count). The zero-order chi connectivity index (χ0) is 18.4. The van der Waals surface area contributed by atoms with E-state index in [9.17, 15) is 4.79 Å². The van der Waals surface area contributed by atoms with Crippen molar-refractivity contribution in [1.29, 1.82) is 0 Å². The molecule has 0 aliphatic carbocycles. The molecule has 0 amide bonds. The fourth-order valence-electron chi connectivity index (χ4n) is 2.38. The molecule has 0 radical (unpaired) electrons. The molecule has 0 atom stereocenters. The molecule has 1 aromatic heterocycles. The average Bonchev–Trinajstić information content (AvgIpc) is 3.10. The Bertz CT molecular complexity index is 875. The molecular formula is C19H20N4O3. The van der Waals surface area contributed by atoms with Gasteiger partial charge in [0.1, 0.15) is 12.4 Å². The molecule has 0 bridgehead atoms. The number of benzene rings is 2. The van der Waals surface area contributed by atoms with Gasteiger partial charge in [0, 0.05) is 5.56 Å². The van der Waals surface area contributed by atoms with Gasteiger partial charge in [-0.2, -0.15) is 4.80 Å². The van der Waals surface area contributed by atoms with Crippen LogP contribution in [0.15, 0.2) is 48.5 Å². The summed E-state index contributed by atoms with van der Waals surface area (Å²) in [6.07, 6.45) is 0. The van der Waals surface area contributed by atoms with E-state index in [1.54, 1.807) is 6.92 Å². The van der Waals surface area contributed by atoms with Crippen LogP contribution in [0.5, 0.6) is 5.75 Å². The minimum atomic E-state index is -0.392. The van der Waals surface area contributed by atoms with Crippen LogP contribution in [0.3, 0.4) is 0 Å². The molecule has 26 heavy (non-hydrogen) atoms. The topological polar surface area (TPSA) is 79.1 Å². The van der Waals surface area contributed by atoms with E-state index in [1.165, 1.54) is 10.4 Å². The SMILES string of the molecule is CCOC(=O)Cn1nnc(-c2ccc(OCc3ccccc3C)cc2)n1. The van der Waals surface area contributed by atoms with Gasteiger partial charge in [0.05, 0.1) is 6.61 Å². The van der Waals surface area contributed by atoms with Crippen molar-refractivity contribution in [3.63, 3.8) is 0 Å². The number of aromatic nitrogens is 4. The molecule has 7 heteroatoms. The molecular weight excluding hydrogens is 332 g/mol. The van der Waals surface area contributed by atoms with Crippen molar-refractivity contribution in [2.75, 3.05) is 6.61 Å². The van der Waals surface area contributed by atoms with E-state index >= 15 is 0 Å². The second-order valence-electron chi connectivity index (χ2n) is 5.69. The van der Waals surface area contributed by atoms with Crippen molar-refractivity contribution in [3.8, 4) is 17.1 Å². The number of aryl methyl sites for hydroxylation is 1. The molecule has 134 valence electrons. The number of carbonyl (C=O) groups is 1. The van der Waals surface area contributed by atoms with E-state index in [0.29, 0.717) is 19.0 Å². The lowest BCUT2D eigenvalue weighted by atomic mass is 10.1. The van der Waals surface area contributed by atoms with Crippen LogP contribution in [0.1, 0.15) is 18.1 Å². The summed E-state index contributed by atoms with van der Waals surface area (Å²) in [5.41, 5.74) is 3.15. The third-order valence-corrected chi connectivity index (χ3v) is 3.80. The van der Waals surface area contributed by atoms with Gasteiger partial charge in [-0.1, -0.05) is 24.3 Å². The molecule has 1 heterocycles. The van der Waals surface area contributed by atoms with E-state index < -0.39 is 5.97 Å². The van der Waals surface area contributed by atoms with Gasteiger partial charge in [0.2, 0.25) is 5.82 Å². The van der Waals surface area contributed by atoms with Crippen LogP contribution in [0.25, 0.3) is 11.4 Å².